The number of imidazole rings is 1. The number of hydrogen-bond donors (Lipinski definition) is 1. The Kier molecular flexibility index (Phi) is 7.04. The molecule has 1 fully saturated rings. The Balaban J connectivity index is 0.00000267. The van der Waals surface area contributed by atoms with E-state index < -0.39 is 7.26 Å². The predicted octanol–water partition coefficient (Wildman–Crippen LogP) is 1.66. The van der Waals surface area contributed by atoms with Crippen molar-refractivity contribution in [1.29, 1.82) is 0 Å². The molecular weight excluding hydrogens is 529 g/mol. The van der Waals surface area contributed by atoms with E-state index in [0.29, 0.717) is 6.54 Å². The molecule has 0 aliphatic carbocycles. The molecule has 6 heteroatoms. The summed E-state index contributed by atoms with van der Waals surface area (Å²) in [5.41, 5.74) is 1.83. The summed E-state index contributed by atoms with van der Waals surface area (Å²) in [6.45, 7) is 1.23. The quantitative estimate of drug-likeness (QED) is 0.324. The number of aromatic nitrogens is 2. The number of carbonyl (C=O) groups excluding carboxylic acids is 1. The van der Waals surface area contributed by atoms with Gasteiger partial charge in [0, 0.05) is 13.0 Å². The first-order valence-corrected chi connectivity index (χ1v) is 13.9. The van der Waals surface area contributed by atoms with Crippen molar-refractivity contribution in [2.24, 2.45) is 0 Å². The molecule has 5 aromatic rings. The van der Waals surface area contributed by atoms with Crippen LogP contribution in [0.5, 0.6) is 0 Å². The molecular formula is C30H27BrN3OP. The fourth-order valence-electron chi connectivity index (χ4n) is 5.48. The van der Waals surface area contributed by atoms with Crippen LogP contribution in [0.4, 0.5) is 0 Å². The molecule has 1 aromatic heterocycles. The fourth-order valence-corrected chi connectivity index (χ4v) is 10.4. The smallest absolute Gasteiger partial charge is 0.265 e. The van der Waals surface area contributed by atoms with Crippen molar-refractivity contribution >= 4 is 40.1 Å². The Morgan fingerprint density at radius 3 is 1.78 bits per heavy atom. The maximum absolute atomic E-state index is 14.2. The van der Waals surface area contributed by atoms with Gasteiger partial charge in [-0.15, -0.1) is 0 Å². The van der Waals surface area contributed by atoms with Gasteiger partial charge < -0.3 is 26.9 Å². The van der Waals surface area contributed by atoms with Gasteiger partial charge in [-0.1, -0.05) is 66.7 Å². The summed E-state index contributed by atoms with van der Waals surface area (Å²) in [6, 6.07) is 40.0. The van der Waals surface area contributed by atoms with E-state index in [2.05, 4.69) is 96.0 Å². The lowest BCUT2D eigenvalue weighted by Gasteiger charge is -2.31. The normalized spacial score (nSPS) is 15.7. The van der Waals surface area contributed by atoms with E-state index in [1.54, 1.807) is 0 Å². The second-order valence-electron chi connectivity index (χ2n) is 8.99. The number of aromatic amines is 1. The highest BCUT2D eigenvalue weighted by atomic mass is 79.9. The molecule has 180 valence electrons. The molecule has 1 N–H and O–H groups in total. The lowest BCUT2D eigenvalue weighted by molar-refractivity contribution is -0.127. The van der Waals surface area contributed by atoms with Crippen molar-refractivity contribution in [3.8, 4) is 0 Å². The molecule has 1 amide bonds. The summed E-state index contributed by atoms with van der Waals surface area (Å²) in [7, 11) is -2.25. The average molecular weight is 556 g/mol. The molecule has 1 saturated heterocycles. The minimum atomic E-state index is -2.25. The van der Waals surface area contributed by atoms with Gasteiger partial charge in [0.15, 0.2) is 5.66 Å². The number of nitrogens with one attached hydrogen (secondary N) is 1. The molecule has 1 aliphatic heterocycles. The molecule has 0 radical (unpaired) electrons. The van der Waals surface area contributed by atoms with Gasteiger partial charge in [0.1, 0.15) is 29.0 Å². The molecule has 0 unspecified atom stereocenters. The molecule has 4 aromatic carbocycles. The van der Waals surface area contributed by atoms with Crippen molar-refractivity contribution < 1.29 is 21.8 Å². The van der Waals surface area contributed by atoms with Crippen LogP contribution in [0.15, 0.2) is 115 Å². The summed E-state index contributed by atoms with van der Waals surface area (Å²) in [5.74, 6) is 1.05. The van der Waals surface area contributed by atoms with Gasteiger partial charge in [0.05, 0.1) is 17.6 Å². The van der Waals surface area contributed by atoms with Crippen LogP contribution in [0.1, 0.15) is 12.2 Å². The van der Waals surface area contributed by atoms with Gasteiger partial charge >= 0.3 is 0 Å². The number of H-pyrrole nitrogens is 1. The summed E-state index contributed by atoms with van der Waals surface area (Å²) in [6.07, 6.45) is 0.825. The van der Waals surface area contributed by atoms with E-state index in [9.17, 15) is 4.79 Å². The zero-order chi connectivity index (χ0) is 23.7. The number of carbonyl (C=O) groups is 1. The van der Waals surface area contributed by atoms with Crippen molar-refractivity contribution in [2.75, 3.05) is 6.54 Å². The first-order chi connectivity index (χ1) is 17.3. The Hall–Kier alpha value is -3.27. The van der Waals surface area contributed by atoms with E-state index in [1.807, 2.05) is 29.2 Å². The monoisotopic (exact) mass is 555 g/mol. The van der Waals surface area contributed by atoms with Crippen LogP contribution in [-0.4, -0.2) is 33.0 Å². The lowest BCUT2D eigenvalue weighted by Crippen LogP contribution is -3.00. The van der Waals surface area contributed by atoms with Gasteiger partial charge in [0.25, 0.3) is 5.91 Å². The van der Waals surface area contributed by atoms with Crippen LogP contribution >= 0.6 is 7.26 Å². The van der Waals surface area contributed by atoms with Crippen LogP contribution in [0.25, 0.3) is 11.0 Å². The SMILES string of the molecule is O=C1[C@H]([P+](c2ccccc2)(c2ccccc2)c2ccccc2)CCN1Cc1nc2ccccc2[nH]1.[Br-]. The molecule has 0 bridgehead atoms. The second kappa shape index (κ2) is 10.4. The zero-order valence-electron chi connectivity index (χ0n) is 19.8. The van der Waals surface area contributed by atoms with Crippen LogP contribution in [0, 0.1) is 0 Å². The van der Waals surface area contributed by atoms with E-state index >= 15 is 0 Å². The van der Waals surface area contributed by atoms with Crippen LogP contribution in [0.3, 0.4) is 0 Å². The first kappa shape index (κ1) is 24.4. The number of halogens is 1. The van der Waals surface area contributed by atoms with Crippen LogP contribution in [-0.2, 0) is 11.3 Å². The third-order valence-electron chi connectivity index (χ3n) is 7.01. The van der Waals surface area contributed by atoms with Crippen molar-refractivity contribution in [2.45, 2.75) is 18.6 Å². The van der Waals surface area contributed by atoms with Gasteiger partial charge in [0.2, 0.25) is 0 Å². The second-order valence-corrected chi connectivity index (χ2v) is 12.6. The summed E-state index contributed by atoms with van der Waals surface area (Å²) in [5, 5.41) is 3.75. The Bertz CT molecular complexity index is 1330. The number of rotatable bonds is 6. The van der Waals surface area contributed by atoms with E-state index in [-0.39, 0.29) is 28.5 Å². The number of hydrogen-bond acceptors (Lipinski definition) is 2. The number of likely N-dealkylation sites (tertiary alicyclic amines) is 1. The number of para-hydroxylation sites is 2. The molecule has 0 spiro atoms. The van der Waals surface area contributed by atoms with Crippen molar-refractivity contribution in [3.05, 3.63) is 121 Å². The number of amides is 1. The minimum Gasteiger partial charge on any atom is -1.00 e. The number of nitrogens with zero attached hydrogens (tertiary/aromatic N) is 2. The standard InChI is InChI=1S/C30H27N3OP.BrH/c34-30-28(20-21-33(30)22-29-31-26-18-10-11-19-27(26)32-29)35(23-12-4-1-5-13-23,24-14-6-2-7-15-24)25-16-8-3-9-17-25;/h1-19,28H,20-22H2,(H,31,32);1H/q+1;/p-1/t28-;/m1./s1. The maximum Gasteiger partial charge on any atom is 0.265 e. The molecule has 1 aliphatic rings. The Morgan fingerprint density at radius 1 is 0.750 bits per heavy atom. The van der Waals surface area contributed by atoms with E-state index in [0.717, 1.165) is 29.8 Å². The van der Waals surface area contributed by atoms with Gasteiger partial charge in [-0.05, 0) is 48.5 Å². The Morgan fingerprint density at radius 2 is 1.25 bits per heavy atom. The third kappa shape index (κ3) is 4.17. The first-order valence-electron chi connectivity index (χ1n) is 12.0. The number of fused-ring (bicyclic) bond motifs is 1. The zero-order valence-corrected chi connectivity index (χ0v) is 22.3. The van der Waals surface area contributed by atoms with E-state index in [4.69, 9.17) is 4.98 Å². The van der Waals surface area contributed by atoms with Crippen molar-refractivity contribution in [3.63, 3.8) is 0 Å². The van der Waals surface area contributed by atoms with Crippen LogP contribution < -0.4 is 32.9 Å². The molecule has 36 heavy (non-hydrogen) atoms. The predicted molar refractivity (Wildman–Crippen MR) is 145 cm³/mol. The van der Waals surface area contributed by atoms with Crippen LogP contribution in [0.2, 0.25) is 0 Å². The van der Waals surface area contributed by atoms with E-state index in [1.165, 1.54) is 15.9 Å². The Labute approximate surface area is 222 Å². The maximum atomic E-state index is 14.2. The van der Waals surface area contributed by atoms with Crippen molar-refractivity contribution in [1.82, 2.24) is 14.9 Å². The van der Waals surface area contributed by atoms with Gasteiger partial charge in [-0.25, -0.2) is 4.98 Å². The average Bonchev–Trinajstić information content (AvgIpc) is 3.50. The molecule has 1 atom stereocenters. The van der Waals surface area contributed by atoms with Gasteiger partial charge in [-0.2, -0.15) is 0 Å². The fraction of sp³-hybridized carbons (Fsp3) is 0.133. The largest absolute Gasteiger partial charge is 1.00 e. The highest BCUT2D eigenvalue weighted by Gasteiger charge is 2.58. The third-order valence-corrected chi connectivity index (χ3v) is 11.8. The highest BCUT2D eigenvalue weighted by molar-refractivity contribution is 7.96. The molecule has 0 saturated carbocycles. The molecule has 6 rings (SSSR count). The molecule has 4 nitrogen and oxygen atoms in total. The number of benzene rings is 4. The summed E-state index contributed by atoms with van der Waals surface area (Å²) < 4.78 is 0. The highest BCUT2D eigenvalue weighted by Crippen LogP contribution is 2.62. The summed E-state index contributed by atoms with van der Waals surface area (Å²) in [4.78, 5) is 24.3. The van der Waals surface area contributed by atoms with Gasteiger partial charge in [-0.3, -0.25) is 4.79 Å². The summed E-state index contributed by atoms with van der Waals surface area (Å²) >= 11 is 0. The lowest BCUT2D eigenvalue weighted by atomic mass is 10.3. The molecule has 2 heterocycles. The minimum absolute atomic E-state index is 0. The topological polar surface area (TPSA) is 49.0 Å².